The fourth-order valence-corrected chi connectivity index (χ4v) is 2.78. The number of ether oxygens (including phenoxy) is 1. The number of anilines is 1. The molecule has 1 saturated heterocycles. The number of aryl methyl sites for hydroxylation is 1. The van der Waals surface area contributed by atoms with Crippen LogP contribution in [0.25, 0.3) is 11.4 Å². The predicted molar refractivity (Wildman–Crippen MR) is 90.9 cm³/mol. The van der Waals surface area contributed by atoms with Gasteiger partial charge in [-0.3, -0.25) is 10.1 Å². The quantitative estimate of drug-likeness (QED) is 0.646. The number of aromatic nitrogens is 2. The summed E-state index contributed by atoms with van der Waals surface area (Å²) in [6.45, 7) is 3.51. The van der Waals surface area contributed by atoms with Gasteiger partial charge in [0.05, 0.1) is 11.0 Å². The lowest BCUT2D eigenvalue weighted by atomic mass is 10.2. The fourth-order valence-electron chi connectivity index (χ4n) is 2.78. The number of nitro groups is 1. The Hall–Kier alpha value is -2.54. The van der Waals surface area contributed by atoms with Crippen molar-refractivity contribution in [2.24, 2.45) is 0 Å². The number of hydrogen-bond acceptors (Lipinski definition) is 6. The monoisotopic (exact) mass is 328 g/mol. The van der Waals surface area contributed by atoms with Crippen molar-refractivity contribution in [3.8, 4) is 11.4 Å². The van der Waals surface area contributed by atoms with Gasteiger partial charge in [0.2, 0.25) is 0 Å². The van der Waals surface area contributed by atoms with Gasteiger partial charge < -0.3 is 10.1 Å². The Morgan fingerprint density at radius 3 is 3.00 bits per heavy atom. The van der Waals surface area contributed by atoms with E-state index in [1.165, 1.54) is 12.1 Å². The van der Waals surface area contributed by atoms with Gasteiger partial charge >= 0.3 is 0 Å². The molecule has 0 radical (unpaired) electrons. The van der Waals surface area contributed by atoms with Crippen LogP contribution < -0.4 is 5.32 Å². The Kier molecular flexibility index (Phi) is 5.00. The molecular weight excluding hydrogens is 308 g/mol. The van der Waals surface area contributed by atoms with E-state index >= 15 is 0 Å². The third kappa shape index (κ3) is 4.05. The van der Waals surface area contributed by atoms with Gasteiger partial charge in [-0.15, -0.1) is 0 Å². The van der Waals surface area contributed by atoms with Gasteiger partial charge in [-0.05, 0) is 26.2 Å². The average molecular weight is 328 g/mol. The molecule has 1 fully saturated rings. The number of nitro benzene ring substituents is 1. The van der Waals surface area contributed by atoms with E-state index in [9.17, 15) is 10.1 Å². The van der Waals surface area contributed by atoms with Crippen LogP contribution in [0.1, 0.15) is 25.0 Å². The van der Waals surface area contributed by atoms with Gasteiger partial charge in [0.15, 0.2) is 5.82 Å². The zero-order valence-electron chi connectivity index (χ0n) is 13.6. The van der Waals surface area contributed by atoms with Crippen LogP contribution >= 0.6 is 0 Å². The molecule has 2 aromatic rings. The first kappa shape index (κ1) is 16.3. The molecule has 7 nitrogen and oxygen atoms in total. The highest BCUT2D eigenvalue weighted by atomic mass is 16.6. The number of rotatable bonds is 6. The van der Waals surface area contributed by atoms with Crippen LogP contribution in [0.2, 0.25) is 0 Å². The average Bonchev–Trinajstić information content (AvgIpc) is 3.08. The molecule has 0 bridgehead atoms. The summed E-state index contributed by atoms with van der Waals surface area (Å²) < 4.78 is 5.61. The Morgan fingerprint density at radius 2 is 2.25 bits per heavy atom. The maximum Gasteiger partial charge on any atom is 0.270 e. The summed E-state index contributed by atoms with van der Waals surface area (Å²) in [5.74, 6) is 1.21. The van der Waals surface area contributed by atoms with Crippen molar-refractivity contribution in [2.45, 2.75) is 32.3 Å². The minimum absolute atomic E-state index is 0.0329. The normalized spacial score (nSPS) is 17.0. The molecule has 1 atom stereocenters. The number of nitrogens with one attached hydrogen (secondary N) is 1. The van der Waals surface area contributed by atoms with Gasteiger partial charge in [-0.2, -0.15) is 0 Å². The summed E-state index contributed by atoms with van der Waals surface area (Å²) in [7, 11) is 0. The van der Waals surface area contributed by atoms with E-state index in [1.807, 2.05) is 13.0 Å². The molecule has 1 aliphatic heterocycles. The molecule has 0 amide bonds. The maximum atomic E-state index is 10.9. The molecule has 3 rings (SSSR count). The standard InChI is InChI=1S/C17H20N4O3/c1-12-10-16(18-8-7-15-6-3-9-24-15)20-17(19-12)13-4-2-5-14(11-13)21(22)23/h2,4-5,10-11,15H,3,6-9H2,1H3,(H,18,19,20)/t15-/m1/s1. The zero-order valence-corrected chi connectivity index (χ0v) is 13.6. The third-order valence-electron chi connectivity index (χ3n) is 3.97. The smallest absolute Gasteiger partial charge is 0.270 e. The minimum atomic E-state index is -0.417. The Bertz CT molecular complexity index is 730. The van der Waals surface area contributed by atoms with E-state index in [0.29, 0.717) is 17.5 Å². The van der Waals surface area contributed by atoms with E-state index < -0.39 is 4.92 Å². The summed E-state index contributed by atoms with van der Waals surface area (Å²) in [6, 6.07) is 8.24. The molecule has 7 heteroatoms. The number of benzene rings is 1. The van der Waals surface area contributed by atoms with E-state index in [4.69, 9.17) is 4.74 Å². The molecule has 24 heavy (non-hydrogen) atoms. The lowest BCUT2D eigenvalue weighted by Crippen LogP contribution is -2.13. The lowest BCUT2D eigenvalue weighted by Gasteiger charge is -2.11. The van der Waals surface area contributed by atoms with Crippen molar-refractivity contribution in [3.05, 3.63) is 46.1 Å². The second kappa shape index (κ2) is 7.35. The van der Waals surface area contributed by atoms with Crippen LogP contribution in [0.3, 0.4) is 0 Å². The number of nitrogens with zero attached hydrogens (tertiary/aromatic N) is 3. The van der Waals surface area contributed by atoms with Crippen LogP contribution in [-0.4, -0.2) is 34.1 Å². The minimum Gasteiger partial charge on any atom is -0.378 e. The molecule has 0 unspecified atom stereocenters. The Labute approximate surface area is 140 Å². The molecule has 1 aliphatic rings. The van der Waals surface area contributed by atoms with E-state index in [2.05, 4.69) is 15.3 Å². The first-order chi connectivity index (χ1) is 11.6. The summed E-state index contributed by atoms with van der Waals surface area (Å²) in [6.07, 6.45) is 3.52. The summed E-state index contributed by atoms with van der Waals surface area (Å²) in [5, 5.41) is 14.2. The topological polar surface area (TPSA) is 90.2 Å². The van der Waals surface area contributed by atoms with Gasteiger partial charge in [0, 0.05) is 42.6 Å². The third-order valence-corrected chi connectivity index (χ3v) is 3.97. The lowest BCUT2D eigenvalue weighted by molar-refractivity contribution is -0.384. The molecule has 0 aliphatic carbocycles. The second-order valence-corrected chi connectivity index (χ2v) is 5.88. The molecule has 126 valence electrons. The SMILES string of the molecule is Cc1cc(NCC[C@H]2CCCO2)nc(-c2cccc([N+](=O)[O-])c2)n1. The van der Waals surface area contributed by atoms with Crippen molar-refractivity contribution in [3.63, 3.8) is 0 Å². The van der Waals surface area contributed by atoms with Crippen molar-refractivity contribution in [1.29, 1.82) is 0 Å². The first-order valence-electron chi connectivity index (χ1n) is 8.08. The molecule has 2 heterocycles. The Balaban J connectivity index is 1.73. The van der Waals surface area contributed by atoms with Crippen LogP contribution in [0, 0.1) is 17.0 Å². The van der Waals surface area contributed by atoms with Crippen molar-refractivity contribution in [2.75, 3.05) is 18.5 Å². The predicted octanol–water partition coefficient (Wildman–Crippen LogP) is 3.34. The highest BCUT2D eigenvalue weighted by molar-refractivity contribution is 5.61. The highest BCUT2D eigenvalue weighted by Gasteiger charge is 2.15. The summed E-state index contributed by atoms with van der Waals surface area (Å²) in [5.41, 5.74) is 1.48. The van der Waals surface area contributed by atoms with Crippen molar-refractivity contribution < 1.29 is 9.66 Å². The molecule has 1 aromatic heterocycles. The largest absolute Gasteiger partial charge is 0.378 e. The molecular formula is C17H20N4O3. The van der Waals surface area contributed by atoms with Gasteiger partial charge in [0.25, 0.3) is 5.69 Å². The van der Waals surface area contributed by atoms with Crippen LogP contribution in [0.5, 0.6) is 0 Å². The van der Waals surface area contributed by atoms with E-state index in [1.54, 1.807) is 12.1 Å². The summed E-state index contributed by atoms with van der Waals surface area (Å²) in [4.78, 5) is 19.4. The number of hydrogen-bond donors (Lipinski definition) is 1. The molecule has 0 saturated carbocycles. The highest BCUT2D eigenvalue weighted by Crippen LogP contribution is 2.22. The Morgan fingerprint density at radius 1 is 1.38 bits per heavy atom. The van der Waals surface area contributed by atoms with Gasteiger partial charge in [0.1, 0.15) is 5.82 Å². The van der Waals surface area contributed by atoms with Crippen molar-refractivity contribution >= 4 is 11.5 Å². The number of non-ortho nitro benzene ring substituents is 1. The van der Waals surface area contributed by atoms with Crippen molar-refractivity contribution in [1.82, 2.24) is 9.97 Å². The molecule has 1 aromatic carbocycles. The first-order valence-corrected chi connectivity index (χ1v) is 8.08. The van der Waals surface area contributed by atoms with E-state index in [-0.39, 0.29) is 5.69 Å². The van der Waals surface area contributed by atoms with Crippen LogP contribution in [-0.2, 0) is 4.74 Å². The fraction of sp³-hybridized carbons (Fsp3) is 0.412. The maximum absolute atomic E-state index is 10.9. The van der Waals surface area contributed by atoms with Gasteiger partial charge in [-0.25, -0.2) is 9.97 Å². The van der Waals surface area contributed by atoms with Crippen LogP contribution in [0.4, 0.5) is 11.5 Å². The van der Waals surface area contributed by atoms with E-state index in [0.717, 1.165) is 43.9 Å². The zero-order chi connectivity index (χ0) is 16.9. The second-order valence-electron chi connectivity index (χ2n) is 5.88. The summed E-state index contributed by atoms with van der Waals surface area (Å²) >= 11 is 0. The molecule has 1 N–H and O–H groups in total. The van der Waals surface area contributed by atoms with Gasteiger partial charge in [-0.1, -0.05) is 12.1 Å². The molecule has 0 spiro atoms. The van der Waals surface area contributed by atoms with Crippen LogP contribution in [0.15, 0.2) is 30.3 Å².